The number of anilines is 1. The molecule has 1 amide bonds. The lowest BCUT2D eigenvalue weighted by Gasteiger charge is -2.20. The fraction of sp³-hybridized carbons (Fsp3) is 0.320. The highest BCUT2D eigenvalue weighted by atomic mass is 32.2. The number of hydroxylamine groups is 2. The molecular formula is C25H25N3O8S4. The van der Waals surface area contributed by atoms with Crippen molar-refractivity contribution in [2.75, 3.05) is 25.2 Å². The van der Waals surface area contributed by atoms with Crippen LogP contribution in [-0.2, 0) is 25.7 Å². The van der Waals surface area contributed by atoms with Crippen molar-refractivity contribution in [1.82, 2.24) is 9.63 Å². The van der Waals surface area contributed by atoms with Gasteiger partial charge in [0.05, 0.1) is 29.0 Å². The lowest BCUT2D eigenvalue weighted by Crippen LogP contribution is -2.36. The molecule has 11 nitrogen and oxygen atoms in total. The van der Waals surface area contributed by atoms with Crippen LogP contribution in [0.4, 0.5) is 5.69 Å². The fourth-order valence-electron chi connectivity index (χ4n) is 3.97. The van der Waals surface area contributed by atoms with Gasteiger partial charge in [0.15, 0.2) is 4.32 Å². The van der Waals surface area contributed by atoms with Crippen molar-refractivity contribution in [3.05, 3.63) is 48.9 Å². The number of aliphatic carboxylic acids is 1. The van der Waals surface area contributed by atoms with Gasteiger partial charge in [-0.3, -0.25) is 29.0 Å². The number of allylic oxidation sites excluding steroid dienone is 1. The fourth-order valence-corrected chi connectivity index (χ4v) is 7.60. The van der Waals surface area contributed by atoms with E-state index in [1.54, 1.807) is 25.0 Å². The molecule has 4 rings (SSSR count). The summed E-state index contributed by atoms with van der Waals surface area (Å²) in [7, 11) is 1.55. The lowest BCUT2D eigenvalue weighted by molar-refractivity contribution is -0.141. The van der Waals surface area contributed by atoms with E-state index in [9.17, 15) is 29.5 Å². The Bertz CT molecular complexity index is 1620. The Labute approximate surface area is 246 Å². The summed E-state index contributed by atoms with van der Waals surface area (Å²) >= 11 is 8.15. The molecule has 1 fully saturated rings. The molecule has 2 aliphatic rings. The smallest absolute Gasteiger partial charge is 0.325 e. The van der Waals surface area contributed by atoms with Gasteiger partial charge in [-0.1, -0.05) is 25.6 Å². The topological polar surface area (TPSA) is 139 Å². The van der Waals surface area contributed by atoms with Crippen LogP contribution in [-0.4, -0.2) is 62.4 Å². The third kappa shape index (κ3) is 5.83. The molecule has 40 heavy (non-hydrogen) atoms. The number of benzene rings is 1. The summed E-state index contributed by atoms with van der Waals surface area (Å²) in [6.45, 7) is 4.94. The van der Waals surface area contributed by atoms with E-state index >= 15 is 0 Å². The maximum atomic E-state index is 13.6. The largest absolute Gasteiger partial charge is 0.497 e. The summed E-state index contributed by atoms with van der Waals surface area (Å²) in [4.78, 5) is 53.0. The standard InChI is InChI=1S/C25H25N3O8S4/c1-5-36-19(31)11-26-15-8-13(35-4)6-7-16(15)38-17(26)9-14(12(2)3)20-22(32)27(10-18(29)30)24(39-20)21-23(33)28(34)25(37)40-21/h6-9,12,34H,5,10-11H2,1-4H3,(H,29,30)/b17-9-,20-14-,24-21-. The third-order valence-corrected chi connectivity index (χ3v) is 9.63. The van der Waals surface area contributed by atoms with Crippen LogP contribution in [0.15, 0.2) is 39.0 Å². The van der Waals surface area contributed by atoms with Crippen LogP contribution in [0.5, 0.6) is 5.75 Å². The zero-order valence-corrected chi connectivity index (χ0v) is 25.1. The van der Waals surface area contributed by atoms with E-state index in [0.717, 1.165) is 38.2 Å². The van der Waals surface area contributed by atoms with E-state index in [2.05, 4.69) is 0 Å². The van der Waals surface area contributed by atoms with Crippen molar-refractivity contribution in [3.8, 4) is 5.75 Å². The number of methoxy groups -OCH3 is 1. The number of rotatable bonds is 8. The molecule has 2 aromatic rings. The Morgan fingerprint density at radius 3 is 2.48 bits per heavy atom. The average molecular weight is 624 g/mol. The van der Waals surface area contributed by atoms with Crippen molar-refractivity contribution in [2.24, 2.45) is 5.92 Å². The van der Waals surface area contributed by atoms with Gasteiger partial charge in [-0.05, 0) is 60.6 Å². The number of carboxylic acid groups (broad SMARTS) is 1. The van der Waals surface area contributed by atoms with Crippen LogP contribution in [0.1, 0.15) is 20.8 Å². The number of aromatic nitrogens is 1. The van der Waals surface area contributed by atoms with Gasteiger partial charge in [0, 0.05) is 11.0 Å². The number of carboxylic acids is 1. The molecular weight excluding hydrogens is 599 g/mol. The first-order valence-corrected chi connectivity index (χ1v) is 14.8. The molecule has 2 aliphatic heterocycles. The van der Waals surface area contributed by atoms with Gasteiger partial charge in [-0.2, -0.15) is 5.06 Å². The Hall–Kier alpha value is -3.11. The Kier molecular flexibility index (Phi) is 9.09. The average Bonchev–Trinajstić information content (AvgIpc) is 3.49. The predicted molar refractivity (Wildman–Crippen MR) is 157 cm³/mol. The number of fused-ring (bicyclic) bond motifs is 1. The maximum Gasteiger partial charge on any atom is 0.325 e. The summed E-state index contributed by atoms with van der Waals surface area (Å²) in [5.74, 6) is -2.14. The van der Waals surface area contributed by atoms with Crippen molar-refractivity contribution >= 4 is 85.4 Å². The lowest BCUT2D eigenvalue weighted by atomic mass is 10.0. The quantitative estimate of drug-likeness (QED) is 0.253. The van der Waals surface area contributed by atoms with Crippen LogP contribution >= 0.6 is 47.1 Å². The van der Waals surface area contributed by atoms with Crippen LogP contribution in [0.3, 0.4) is 0 Å². The minimum absolute atomic E-state index is 0.0310. The number of hydrogen-bond acceptors (Lipinski definition) is 12. The number of ether oxygens (including phenoxy) is 2. The SMILES string of the molecule is CCOC(=O)CN1/C(=C/C(=c2/s/c(=C3\SC(=S)N(O)C3=O)n(CC(=O)O)c2=O)C(C)C)Sc2ccc(OC)cc21. The zero-order chi connectivity index (χ0) is 29.3. The summed E-state index contributed by atoms with van der Waals surface area (Å²) in [6.07, 6.45) is 1.79. The van der Waals surface area contributed by atoms with Gasteiger partial charge in [-0.15, -0.1) is 11.3 Å². The van der Waals surface area contributed by atoms with Crippen LogP contribution in [0.25, 0.3) is 10.5 Å². The number of thioether (sulfide) groups is 2. The molecule has 0 aliphatic carbocycles. The number of thiazole rings is 1. The molecule has 0 saturated carbocycles. The number of nitrogens with zero attached hydrogens (tertiary/aromatic N) is 3. The Morgan fingerprint density at radius 2 is 1.90 bits per heavy atom. The molecule has 1 aromatic carbocycles. The second-order valence-corrected chi connectivity index (χ2v) is 12.5. The molecule has 0 atom stereocenters. The van der Waals surface area contributed by atoms with Crippen LogP contribution < -0.4 is 24.4 Å². The number of thiocarbonyl (C=S) groups is 1. The molecule has 15 heteroatoms. The highest BCUT2D eigenvalue weighted by molar-refractivity contribution is 8.30. The molecule has 0 unspecified atom stereocenters. The minimum atomic E-state index is -1.27. The number of esters is 1. The van der Waals surface area contributed by atoms with E-state index in [1.807, 2.05) is 32.0 Å². The minimum Gasteiger partial charge on any atom is -0.497 e. The monoisotopic (exact) mass is 623 g/mol. The van der Waals surface area contributed by atoms with Gasteiger partial charge < -0.3 is 19.5 Å². The first-order valence-electron chi connectivity index (χ1n) is 11.9. The first-order chi connectivity index (χ1) is 19.0. The van der Waals surface area contributed by atoms with Gasteiger partial charge >= 0.3 is 11.9 Å². The molecule has 1 saturated heterocycles. The molecule has 1 aromatic heterocycles. The Balaban J connectivity index is 1.97. The van der Waals surface area contributed by atoms with E-state index in [0.29, 0.717) is 21.4 Å². The molecule has 0 spiro atoms. The summed E-state index contributed by atoms with van der Waals surface area (Å²) in [5.41, 5.74) is 0.725. The van der Waals surface area contributed by atoms with E-state index in [-0.39, 0.29) is 37.5 Å². The summed E-state index contributed by atoms with van der Waals surface area (Å²) in [6, 6.07) is 5.49. The second kappa shape index (κ2) is 12.2. The highest BCUT2D eigenvalue weighted by Crippen LogP contribution is 2.48. The van der Waals surface area contributed by atoms with Crippen molar-refractivity contribution in [1.29, 1.82) is 0 Å². The third-order valence-electron chi connectivity index (χ3n) is 5.81. The van der Waals surface area contributed by atoms with Gasteiger partial charge in [-0.25, -0.2) is 0 Å². The summed E-state index contributed by atoms with van der Waals surface area (Å²) in [5, 5.41) is 20.4. The molecule has 212 valence electrons. The zero-order valence-electron chi connectivity index (χ0n) is 21.8. The second-order valence-electron chi connectivity index (χ2n) is 8.75. The molecule has 3 heterocycles. The first kappa shape index (κ1) is 29.9. The van der Waals surface area contributed by atoms with Crippen molar-refractivity contribution in [2.45, 2.75) is 32.2 Å². The molecule has 0 bridgehead atoms. The maximum absolute atomic E-state index is 13.6. The van der Waals surface area contributed by atoms with E-state index in [1.165, 1.54) is 11.8 Å². The summed E-state index contributed by atoms with van der Waals surface area (Å²) < 4.78 is 11.8. The van der Waals surface area contributed by atoms with Crippen molar-refractivity contribution in [3.63, 3.8) is 0 Å². The molecule has 2 N–H and O–H groups in total. The number of carbonyl (C=O) groups is 3. The number of hydrogen-bond donors (Lipinski definition) is 2. The predicted octanol–water partition coefficient (Wildman–Crippen LogP) is 2.18. The van der Waals surface area contributed by atoms with Gasteiger partial charge in [0.2, 0.25) is 0 Å². The Morgan fingerprint density at radius 1 is 1.18 bits per heavy atom. The van der Waals surface area contributed by atoms with E-state index in [4.69, 9.17) is 21.7 Å². The van der Waals surface area contributed by atoms with Crippen molar-refractivity contribution < 1.29 is 34.2 Å². The van der Waals surface area contributed by atoms with E-state index < -0.39 is 29.9 Å². The highest BCUT2D eigenvalue weighted by Gasteiger charge is 2.34. The van der Waals surface area contributed by atoms with Gasteiger partial charge in [0.25, 0.3) is 11.5 Å². The van der Waals surface area contributed by atoms with Crippen LogP contribution in [0.2, 0.25) is 0 Å². The molecule has 0 radical (unpaired) electrons. The normalized spacial score (nSPS) is 18.1. The van der Waals surface area contributed by atoms with Gasteiger partial charge in [0.1, 0.15) is 28.4 Å². The number of amides is 1. The number of carbonyl (C=O) groups excluding carboxylic acids is 2. The van der Waals surface area contributed by atoms with Crippen LogP contribution in [0, 0.1) is 5.92 Å².